The Morgan fingerprint density at radius 1 is 1.33 bits per heavy atom. The van der Waals surface area contributed by atoms with Crippen molar-refractivity contribution in [3.63, 3.8) is 0 Å². The van der Waals surface area contributed by atoms with Gasteiger partial charge >= 0.3 is 0 Å². The van der Waals surface area contributed by atoms with Gasteiger partial charge in [0, 0.05) is 31.1 Å². The standard InChI is InChI=1S/C9H13NS2/c1-4-12-8-9(1)7-10-2-5-11-6-3-10/h1,4,8H,2-3,5-7H2. The number of thiophene rings is 1. The first-order valence-corrected chi connectivity index (χ1v) is 6.36. The summed E-state index contributed by atoms with van der Waals surface area (Å²) in [6, 6.07) is 2.23. The molecule has 3 heteroatoms. The summed E-state index contributed by atoms with van der Waals surface area (Å²) in [7, 11) is 0. The summed E-state index contributed by atoms with van der Waals surface area (Å²) in [5, 5.41) is 4.41. The number of hydrogen-bond donors (Lipinski definition) is 0. The Balaban J connectivity index is 1.86. The molecule has 1 aliphatic heterocycles. The quantitative estimate of drug-likeness (QED) is 0.719. The molecule has 0 bridgehead atoms. The monoisotopic (exact) mass is 199 g/mol. The zero-order chi connectivity index (χ0) is 8.23. The first-order valence-electron chi connectivity index (χ1n) is 4.26. The Kier molecular flexibility index (Phi) is 3.08. The molecule has 0 atom stereocenters. The first kappa shape index (κ1) is 8.60. The van der Waals surface area contributed by atoms with Crippen molar-refractivity contribution < 1.29 is 0 Å². The lowest BCUT2D eigenvalue weighted by molar-refractivity contribution is 0.295. The van der Waals surface area contributed by atoms with Crippen molar-refractivity contribution in [2.45, 2.75) is 6.54 Å². The maximum absolute atomic E-state index is 2.54. The van der Waals surface area contributed by atoms with E-state index in [1.165, 1.54) is 30.2 Å². The molecule has 1 aromatic rings. The van der Waals surface area contributed by atoms with Gasteiger partial charge in [0.1, 0.15) is 0 Å². The van der Waals surface area contributed by atoms with Gasteiger partial charge in [-0.1, -0.05) is 0 Å². The van der Waals surface area contributed by atoms with E-state index in [0.717, 1.165) is 6.54 Å². The SMILES string of the molecule is c1cc(CN2CCSCC2)cs1. The van der Waals surface area contributed by atoms with Crippen molar-refractivity contribution >= 4 is 23.1 Å². The minimum absolute atomic E-state index is 1.16. The maximum Gasteiger partial charge on any atom is 0.0242 e. The van der Waals surface area contributed by atoms with Gasteiger partial charge in [-0.25, -0.2) is 0 Å². The molecule has 0 radical (unpaired) electrons. The van der Waals surface area contributed by atoms with E-state index in [-0.39, 0.29) is 0 Å². The lowest BCUT2D eigenvalue weighted by Gasteiger charge is -2.25. The first-order chi connectivity index (χ1) is 5.95. The van der Waals surface area contributed by atoms with Crippen LogP contribution >= 0.6 is 23.1 Å². The molecule has 1 aromatic heterocycles. The van der Waals surface area contributed by atoms with Gasteiger partial charge in [-0.05, 0) is 22.4 Å². The molecule has 1 fully saturated rings. The molecule has 1 saturated heterocycles. The Hall–Kier alpha value is 0.01000. The van der Waals surface area contributed by atoms with Crippen LogP contribution in [0, 0.1) is 0 Å². The normalized spacial score (nSPS) is 19.7. The molecule has 1 aliphatic rings. The van der Waals surface area contributed by atoms with E-state index < -0.39 is 0 Å². The molecule has 0 N–H and O–H groups in total. The largest absolute Gasteiger partial charge is 0.297 e. The number of nitrogens with zero attached hydrogens (tertiary/aromatic N) is 1. The molecule has 0 aromatic carbocycles. The molecule has 12 heavy (non-hydrogen) atoms. The van der Waals surface area contributed by atoms with Gasteiger partial charge in [-0.3, -0.25) is 4.90 Å². The van der Waals surface area contributed by atoms with Crippen LogP contribution in [-0.4, -0.2) is 29.5 Å². The van der Waals surface area contributed by atoms with Gasteiger partial charge in [0.25, 0.3) is 0 Å². The molecule has 1 nitrogen and oxygen atoms in total. The molecule has 2 heterocycles. The summed E-state index contributed by atoms with van der Waals surface area (Å²) >= 11 is 3.87. The zero-order valence-electron chi connectivity index (χ0n) is 7.03. The van der Waals surface area contributed by atoms with E-state index in [4.69, 9.17) is 0 Å². The third kappa shape index (κ3) is 2.25. The van der Waals surface area contributed by atoms with E-state index in [1.54, 1.807) is 11.3 Å². The number of thioether (sulfide) groups is 1. The van der Waals surface area contributed by atoms with Crippen LogP contribution in [0.5, 0.6) is 0 Å². The Morgan fingerprint density at radius 3 is 2.83 bits per heavy atom. The van der Waals surface area contributed by atoms with Crippen molar-refractivity contribution in [3.05, 3.63) is 22.4 Å². The molecular weight excluding hydrogens is 186 g/mol. The highest BCUT2D eigenvalue weighted by molar-refractivity contribution is 7.99. The van der Waals surface area contributed by atoms with Gasteiger partial charge in [0.15, 0.2) is 0 Å². The third-order valence-corrected chi connectivity index (χ3v) is 3.76. The Morgan fingerprint density at radius 2 is 2.17 bits per heavy atom. The van der Waals surface area contributed by atoms with E-state index in [0.29, 0.717) is 0 Å². The smallest absolute Gasteiger partial charge is 0.0242 e. The van der Waals surface area contributed by atoms with Crippen LogP contribution in [0.25, 0.3) is 0 Å². The fourth-order valence-corrected chi connectivity index (χ4v) is 3.04. The molecular formula is C9H13NS2. The lowest BCUT2D eigenvalue weighted by atomic mass is 10.3. The van der Waals surface area contributed by atoms with Crippen LogP contribution < -0.4 is 0 Å². The molecule has 66 valence electrons. The fourth-order valence-electron chi connectivity index (χ4n) is 1.40. The topological polar surface area (TPSA) is 3.24 Å². The second-order valence-electron chi connectivity index (χ2n) is 3.02. The second kappa shape index (κ2) is 4.30. The number of rotatable bonds is 2. The van der Waals surface area contributed by atoms with E-state index in [1.807, 2.05) is 0 Å². The summed E-state index contributed by atoms with van der Waals surface area (Å²) in [5.74, 6) is 2.62. The molecule has 0 spiro atoms. The Bertz CT molecular complexity index is 214. The summed E-state index contributed by atoms with van der Waals surface area (Å²) in [6.45, 7) is 3.69. The highest BCUT2D eigenvalue weighted by atomic mass is 32.2. The average molecular weight is 199 g/mol. The van der Waals surface area contributed by atoms with Crippen LogP contribution in [-0.2, 0) is 6.54 Å². The van der Waals surface area contributed by atoms with Crippen LogP contribution in [0.1, 0.15) is 5.56 Å². The zero-order valence-corrected chi connectivity index (χ0v) is 8.66. The molecule has 2 rings (SSSR count). The minimum atomic E-state index is 1.16. The van der Waals surface area contributed by atoms with Gasteiger partial charge in [-0.2, -0.15) is 23.1 Å². The van der Waals surface area contributed by atoms with Gasteiger partial charge < -0.3 is 0 Å². The molecule has 0 amide bonds. The van der Waals surface area contributed by atoms with Crippen LogP contribution in [0.3, 0.4) is 0 Å². The number of hydrogen-bond acceptors (Lipinski definition) is 3. The van der Waals surface area contributed by atoms with Crippen molar-refractivity contribution in [3.8, 4) is 0 Å². The minimum Gasteiger partial charge on any atom is -0.297 e. The maximum atomic E-state index is 2.54. The second-order valence-corrected chi connectivity index (χ2v) is 5.02. The molecule has 0 saturated carbocycles. The fraction of sp³-hybridized carbons (Fsp3) is 0.556. The predicted octanol–water partition coefficient (Wildman–Crippen LogP) is 2.30. The summed E-state index contributed by atoms with van der Waals surface area (Å²) in [5.41, 5.74) is 1.48. The van der Waals surface area contributed by atoms with Crippen LogP contribution in [0.2, 0.25) is 0 Å². The average Bonchev–Trinajstić information content (AvgIpc) is 2.59. The van der Waals surface area contributed by atoms with E-state index in [9.17, 15) is 0 Å². The van der Waals surface area contributed by atoms with Crippen molar-refractivity contribution in [2.75, 3.05) is 24.6 Å². The molecule has 0 unspecified atom stereocenters. The Labute approximate surface area is 81.8 Å². The van der Waals surface area contributed by atoms with E-state index in [2.05, 4.69) is 33.5 Å². The highest BCUT2D eigenvalue weighted by Gasteiger charge is 2.10. The van der Waals surface area contributed by atoms with Crippen molar-refractivity contribution in [1.29, 1.82) is 0 Å². The van der Waals surface area contributed by atoms with Crippen molar-refractivity contribution in [1.82, 2.24) is 4.90 Å². The van der Waals surface area contributed by atoms with Gasteiger partial charge in [0.2, 0.25) is 0 Å². The van der Waals surface area contributed by atoms with E-state index >= 15 is 0 Å². The third-order valence-electron chi connectivity index (χ3n) is 2.09. The van der Waals surface area contributed by atoms with Crippen LogP contribution in [0.4, 0.5) is 0 Å². The molecule has 0 aliphatic carbocycles. The van der Waals surface area contributed by atoms with Crippen LogP contribution in [0.15, 0.2) is 16.8 Å². The summed E-state index contributed by atoms with van der Waals surface area (Å²) in [6.07, 6.45) is 0. The predicted molar refractivity (Wildman–Crippen MR) is 56.9 cm³/mol. The van der Waals surface area contributed by atoms with Gasteiger partial charge in [0.05, 0.1) is 0 Å². The summed E-state index contributed by atoms with van der Waals surface area (Å²) < 4.78 is 0. The summed E-state index contributed by atoms with van der Waals surface area (Å²) in [4.78, 5) is 2.54. The lowest BCUT2D eigenvalue weighted by Crippen LogP contribution is -2.31. The van der Waals surface area contributed by atoms with Gasteiger partial charge in [-0.15, -0.1) is 0 Å². The van der Waals surface area contributed by atoms with Crippen molar-refractivity contribution in [2.24, 2.45) is 0 Å². The highest BCUT2D eigenvalue weighted by Crippen LogP contribution is 2.14.